The van der Waals surface area contributed by atoms with Gasteiger partial charge < -0.3 is 4.42 Å². The fraction of sp³-hybridized carbons (Fsp3) is 0.0488. The second-order valence-electron chi connectivity index (χ2n) is 12.0. The maximum atomic E-state index is 12.5. The lowest BCUT2D eigenvalue weighted by Crippen LogP contribution is -2.19. The molecule has 0 radical (unpaired) electrons. The fourth-order valence-electron chi connectivity index (χ4n) is 6.61. The lowest BCUT2D eigenvalue weighted by Gasteiger charge is -2.11. The molecule has 3 aromatic heterocycles. The second kappa shape index (κ2) is 10.4. The van der Waals surface area contributed by atoms with Gasteiger partial charge in [-0.05, 0) is 64.4 Å². The van der Waals surface area contributed by atoms with Crippen molar-refractivity contribution in [3.05, 3.63) is 144 Å². The highest BCUT2D eigenvalue weighted by atomic mass is 16.3. The van der Waals surface area contributed by atoms with E-state index in [1.165, 1.54) is 0 Å². The summed E-state index contributed by atoms with van der Waals surface area (Å²) in [4.78, 5) is 22.6. The molecule has 0 amide bonds. The highest BCUT2D eigenvalue weighted by Gasteiger charge is 2.14. The van der Waals surface area contributed by atoms with Crippen LogP contribution in [0.1, 0.15) is 0 Å². The number of para-hydroxylation sites is 1. The number of rotatable bonds is 4. The summed E-state index contributed by atoms with van der Waals surface area (Å²) in [6.07, 6.45) is 0. The predicted octanol–water partition coefficient (Wildman–Crippen LogP) is 9.39. The average molecular weight is 609 g/mol. The average Bonchev–Trinajstić information content (AvgIpc) is 3.59. The fourth-order valence-corrected chi connectivity index (χ4v) is 6.61. The second-order valence-corrected chi connectivity index (χ2v) is 12.0. The third-order valence-electron chi connectivity index (χ3n) is 9.18. The van der Waals surface area contributed by atoms with Crippen LogP contribution in [-0.4, -0.2) is 19.1 Å². The Bertz CT molecular complexity index is 2720. The molecule has 9 aromatic rings. The molecule has 6 nitrogen and oxygen atoms in total. The van der Waals surface area contributed by atoms with Crippen LogP contribution < -0.4 is 5.69 Å². The number of furan rings is 1. The van der Waals surface area contributed by atoms with E-state index in [0.717, 1.165) is 82.9 Å². The van der Waals surface area contributed by atoms with Crippen LogP contribution in [0.3, 0.4) is 0 Å². The molecule has 6 heteroatoms. The Morgan fingerprint density at radius 3 is 2.00 bits per heavy atom. The third kappa shape index (κ3) is 4.45. The van der Waals surface area contributed by atoms with E-state index >= 15 is 0 Å². The molecule has 47 heavy (non-hydrogen) atoms. The van der Waals surface area contributed by atoms with Crippen LogP contribution in [0, 0.1) is 0 Å². The Balaban J connectivity index is 1.15. The molecule has 0 bridgehead atoms. The SMILES string of the molecule is Cn1c(=O)n(C)c2cc(-c3ccc(-c4cc(-c5ccc6cc7oc8ccccc8c7cc6c5)nc(-c5ccccc5)n4)cc3)ccc21. The standard InChI is InChI=1S/C41H28N4O2/c1-44-36-19-18-28(22-37(36)45(2)41(44)46)25-12-14-26(15-13-25)34-24-35(43-40(42-34)27-8-4-3-5-9-27)30-17-16-29-23-39-33(21-31(29)20-30)32-10-6-7-11-38(32)47-39/h3-24H,1-2H3. The monoisotopic (exact) mass is 608 g/mol. The molecular weight excluding hydrogens is 580 g/mol. The molecule has 0 aliphatic rings. The van der Waals surface area contributed by atoms with Crippen molar-refractivity contribution in [1.82, 2.24) is 19.1 Å². The van der Waals surface area contributed by atoms with Crippen molar-refractivity contribution in [2.75, 3.05) is 0 Å². The van der Waals surface area contributed by atoms with E-state index in [4.69, 9.17) is 14.4 Å². The van der Waals surface area contributed by atoms with Crippen molar-refractivity contribution in [2.24, 2.45) is 14.1 Å². The number of imidazole rings is 1. The first kappa shape index (κ1) is 27.1. The number of aryl methyl sites for hydroxylation is 2. The lowest BCUT2D eigenvalue weighted by atomic mass is 10.00. The van der Waals surface area contributed by atoms with Crippen molar-refractivity contribution in [3.8, 4) is 45.0 Å². The van der Waals surface area contributed by atoms with Crippen molar-refractivity contribution < 1.29 is 4.42 Å². The topological polar surface area (TPSA) is 65.8 Å². The van der Waals surface area contributed by atoms with Gasteiger partial charge in [0, 0.05) is 41.6 Å². The van der Waals surface area contributed by atoms with Crippen LogP contribution >= 0.6 is 0 Å². The number of nitrogens with zero attached hydrogens (tertiary/aromatic N) is 4. The predicted molar refractivity (Wildman–Crippen MR) is 190 cm³/mol. The van der Waals surface area contributed by atoms with E-state index < -0.39 is 0 Å². The number of benzene rings is 6. The zero-order chi connectivity index (χ0) is 31.6. The molecule has 0 atom stereocenters. The Kier molecular flexibility index (Phi) is 5.99. The van der Waals surface area contributed by atoms with Gasteiger partial charge >= 0.3 is 5.69 Å². The van der Waals surface area contributed by atoms with Crippen LogP contribution in [0.15, 0.2) is 143 Å². The van der Waals surface area contributed by atoms with Gasteiger partial charge in [0.15, 0.2) is 5.82 Å². The Labute approximate surface area is 269 Å². The van der Waals surface area contributed by atoms with Crippen LogP contribution in [0.25, 0.3) is 88.8 Å². The van der Waals surface area contributed by atoms with Gasteiger partial charge in [0.2, 0.25) is 0 Å². The summed E-state index contributed by atoms with van der Waals surface area (Å²) >= 11 is 0. The highest BCUT2D eigenvalue weighted by molar-refractivity contribution is 6.10. The Morgan fingerprint density at radius 1 is 0.489 bits per heavy atom. The summed E-state index contributed by atoms with van der Waals surface area (Å²) in [6, 6.07) is 45.7. The smallest absolute Gasteiger partial charge is 0.328 e. The number of hydrogen-bond donors (Lipinski definition) is 0. The minimum absolute atomic E-state index is 0.0315. The number of aromatic nitrogens is 4. The van der Waals surface area contributed by atoms with Crippen LogP contribution in [0.2, 0.25) is 0 Å². The molecule has 0 unspecified atom stereocenters. The minimum Gasteiger partial charge on any atom is -0.456 e. The molecule has 6 aromatic carbocycles. The summed E-state index contributed by atoms with van der Waals surface area (Å²) in [5.41, 5.74) is 10.4. The van der Waals surface area contributed by atoms with E-state index in [2.05, 4.69) is 78.9 Å². The summed E-state index contributed by atoms with van der Waals surface area (Å²) in [7, 11) is 3.61. The van der Waals surface area contributed by atoms with Gasteiger partial charge in [0.05, 0.1) is 22.4 Å². The Hall–Kier alpha value is -6.27. The van der Waals surface area contributed by atoms with E-state index in [9.17, 15) is 4.79 Å². The van der Waals surface area contributed by atoms with Crippen LogP contribution in [0.4, 0.5) is 0 Å². The molecule has 0 saturated heterocycles. The summed E-state index contributed by atoms with van der Waals surface area (Å²) < 4.78 is 9.50. The molecule has 0 spiro atoms. The van der Waals surface area contributed by atoms with Gasteiger partial charge in [-0.15, -0.1) is 0 Å². The molecule has 0 aliphatic heterocycles. The highest BCUT2D eigenvalue weighted by Crippen LogP contribution is 2.35. The zero-order valence-corrected chi connectivity index (χ0v) is 25.8. The van der Waals surface area contributed by atoms with Gasteiger partial charge in [0.25, 0.3) is 0 Å². The largest absolute Gasteiger partial charge is 0.456 e. The summed E-state index contributed by atoms with van der Waals surface area (Å²) in [5, 5.41) is 4.46. The molecule has 0 N–H and O–H groups in total. The molecule has 9 rings (SSSR count). The molecule has 0 saturated carbocycles. The van der Waals surface area contributed by atoms with E-state index in [1.807, 2.05) is 61.6 Å². The molecular formula is C41H28N4O2. The van der Waals surface area contributed by atoms with Crippen LogP contribution in [-0.2, 0) is 14.1 Å². The first-order valence-electron chi connectivity index (χ1n) is 15.6. The van der Waals surface area contributed by atoms with Crippen LogP contribution in [0.5, 0.6) is 0 Å². The molecule has 0 fully saturated rings. The number of hydrogen-bond acceptors (Lipinski definition) is 4. The van der Waals surface area contributed by atoms with Crippen molar-refractivity contribution in [3.63, 3.8) is 0 Å². The summed E-state index contributed by atoms with van der Waals surface area (Å²) in [5.74, 6) is 0.675. The van der Waals surface area contributed by atoms with E-state index in [-0.39, 0.29) is 5.69 Å². The van der Waals surface area contributed by atoms with Crippen molar-refractivity contribution >= 4 is 43.7 Å². The molecule has 3 heterocycles. The first-order chi connectivity index (χ1) is 23.0. The van der Waals surface area contributed by atoms with E-state index in [1.54, 1.807) is 16.2 Å². The van der Waals surface area contributed by atoms with Crippen molar-refractivity contribution in [1.29, 1.82) is 0 Å². The van der Waals surface area contributed by atoms with Gasteiger partial charge in [-0.3, -0.25) is 9.13 Å². The van der Waals surface area contributed by atoms with Crippen molar-refractivity contribution in [2.45, 2.75) is 0 Å². The quantitative estimate of drug-likeness (QED) is 0.200. The normalized spacial score (nSPS) is 11.7. The minimum atomic E-state index is -0.0315. The van der Waals surface area contributed by atoms with Gasteiger partial charge in [0.1, 0.15) is 11.2 Å². The van der Waals surface area contributed by atoms with Gasteiger partial charge in [-0.2, -0.15) is 0 Å². The molecule has 0 aliphatic carbocycles. The number of fused-ring (bicyclic) bond motifs is 5. The summed E-state index contributed by atoms with van der Waals surface area (Å²) in [6.45, 7) is 0. The maximum absolute atomic E-state index is 12.5. The van der Waals surface area contributed by atoms with Gasteiger partial charge in [-0.1, -0.05) is 91.0 Å². The van der Waals surface area contributed by atoms with E-state index in [0.29, 0.717) is 5.82 Å². The first-order valence-corrected chi connectivity index (χ1v) is 15.6. The lowest BCUT2D eigenvalue weighted by molar-refractivity contribution is 0.669. The molecule has 224 valence electrons. The third-order valence-corrected chi connectivity index (χ3v) is 9.18. The van der Waals surface area contributed by atoms with Gasteiger partial charge in [-0.25, -0.2) is 14.8 Å². The zero-order valence-electron chi connectivity index (χ0n) is 25.8. The Morgan fingerprint density at radius 2 is 1.17 bits per heavy atom. The maximum Gasteiger partial charge on any atom is 0.328 e.